The Labute approximate surface area is 175 Å². The van der Waals surface area contributed by atoms with Gasteiger partial charge in [-0.1, -0.05) is 31.1 Å². The smallest absolute Gasteiger partial charge is 0.279 e. The third-order valence-corrected chi connectivity index (χ3v) is 5.00. The number of aromatic nitrogens is 2. The van der Waals surface area contributed by atoms with Crippen molar-refractivity contribution in [3.05, 3.63) is 52.3 Å². The van der Waals surface area contributed by atoms with Crippen LogP contribution in [0, 0.1) is 20.8 Å². The minimum Gasteiger partial charge on any atom is -0.481 e. The van der Waals surface area contributed by atoms with E-state index >= 15 is 0 Å². The molecule has 30 heavy (non-hydrogen) atoms. The van der Waals surface area contributed by atoms with E-state index in [2.05, 4.69) is 21.0 Å². The molecule has 3 aromatic rings. The maximum Gasteiger partial charge on any atom is 0.279 e. The van der Waals surface area contributed by atoms with Crippen molar-refractivity contribution in [3.8, 4) is 5.75 Å². The third-order valence-electron chi connectivity index (χ3n) is 5.00. The minimum atomic E-state index is -0.799. The van der Waals surface area contributed by atoms with Crippen LogP contribution in [0.15, 0.2) is 28.8 Å². The maximum absolute atomic E-state index is 12.8. The van der Waals surface area contributed by atoms with E-state index in [0.717, 1.165) is 11.1 Å². The summed E-state index contributed by atoms with van der Waals surface area (Å²) in [5, 5.41) is 4.42. The molecule has 2 N–H and O–H groups in total. The van der Waals surface area contributed by atoms with Gasteiger partial charge in [-0.15, -0.1) is 0 Å². The Morgan fingerprint density at radius 2 is 1.83 bits per heavy atom. The van der Waals surface area contributed by atoms with E-state index in [1.807, 2.05) is 39.8 Å². The molecule has 8 nitrogen and oxygen atoms in total. The molecule has 2 aromatic heterocycles. The molecule has 1 aromatic carbocycles. The first-order chi connectivity index (χ1) is 14.2. The Kier molecular flexibility index (Phi) is 6.05. The second-order valence-electron chi connectivity index (χ2n) is 7.60. The van der Waals surface area contributed by atoms with Gasteiger partial charge in [-0.05, 0) is 56.9 Å². The number of fused-ring (bicyclic) bond motifs is 1. The van der Waals surface area contributed by atoms with Crippen LogP contribution in [0.1, 0.15) is 59.6 Å². The van der Waals surface area contributed by atoms with E-state index in [4.69, 9.17) is 9.26 Å². The van der Waals surface area contributed by atoms with Crippen LogP contribution in [0.3, 0.4) is 0 Å². The minimum absolute atomic E-state index is 0.0898. The SMILES string of the molecule is Cc1cccc(OC(C)C(=O)NNC(=O)c2cc(C(C)C)nc3onc(C)c23)c1C. The summed E-state index contributed by atoms with van der Waals surface area (Å²) >= 11 is 0. The first kappa shape index (κ1) is 21.3. The number of benzene rings is 1. The average molecular weight is 410 g/mol. The van der Waals surface area contributed by atoms with Crippen molar-refractivity contribution < 1.29 is 18.8 Å². The molecular weight excluding hydrogens is 384 g/mol. The van der Waals surface area contributed by atoms with Crippen molar-refractivity contribution in [2.45, 2.75) is 53.6 Å². The first-order valence-corrected chi connectivity index (χ1v) is 9.79. The molecule has 0 saturated heterocycles. The standard InChI is InChI=1S/C22H26N4O4/c1-11(2)17-10-16(19-14(5)26-30-22(19)23-17)21(28)25-24-20(27)15(6)29-18-9-7-8-12(3)13(18)4/h7-11,15H,1-6H3,(H,24,27)(H,25,28). The molecular formula is C22H26N4O4. The third kappa shape index (κ3) is 4.27. The lowest BCUT2D eigenvalue weighted by Gasteiger charge is -2.17. The van der Waals surface area contributed by atoms with Gasteiger partial charge in [0.1, 0.15) is 5.75 Å². The summed E-state index contributed by atoms with van der Waals surface area (Å²) in [7, 11) is 0. The number of hydrogen-bond donors (Lipinski definition) is 2. The summed E-state index contributed by atoms with van der Waals surface area (Å²) in [5.41, 5.74) is 8.79. The molecule has 1 atom stereocenters. The van der Waals surface area contributed by atoms with Gasteiger partial charge in [-0.2, -0.15) is 0 Å². The highest BCUT2D eigenvalue weighted by molar-refractivity contribution is 6.06. The zero-order valence-electron chi connectivity index (χ0n) is 18.0. The summed E-state index contributed by atoms with van der Waals surface area (Å²) in [6.07, 6.45) is -0.799. The van der Waals surface area contributed by atoms with E-state index in [1.165, 1.54) is 0 Å². The number of hydrazine groups is 1. The lowest BCUT2D eigenvalue weighted by Crippen LogP contribution is -2.47. The zero-order valence-corrected chi connectivity index (χ0v) is 18.0. The van der Waals surface area contributed by atoms with Crippen molar-refractivity contribution >= 4 is 22.9 Å². The van der Waals surface area contributed by atoms with E-state index < -0.39 is 17.9 Å². The molecule has 3 rings (SSSR count). The monoisotopic (exact) mass is 410 g/mol. The van der Waals surface area contributed by atoms with Crippen molar-refractivity contribution in [2.75, 3.05) is 0 Å². The summed E-state index contributed by atoms with van der Waals surface area (Å²) in [5.74, 6) is -0.239. The highest BCUT2D eigenvalue weighted by Gasteiger charge is 2.21. The largest absolute Gasteiger partial charge is 0.481 e. The number of aryl methyl sites for hydroxylation is 2. The first-order valence-electron chi connectivity index (χ1n) is 9.79. The predicted octanol–water partition coefficient (Wildman–Crippen LogP) is 3.50. The molecule has 0 saturated carbocycles. The van der Waals surface area contributed by atoms with Gasteiger partial charge < -0.3 is 9.26 Å². The van der Waals surface area contributed by atoms with Crippen LogP contribution in [-0.2, 0) is 4.79 Å². The Hall–Kier alpha value is -3.42. The van der Waals surface area contributed by atoms with Crippen molar-refractivity contribution in [1.82, 2.24) is 21.0 Å². The molecule has 0 radical (unpaired) electrons. The molecule has 0 aliphatic carbocycles. The highest BCUT2D eigenvalue weighted by atomic mass is 16.5. The molecule has 2 amide bonds. The van der Waals surface area contributed by atoms with Crippen molar-refractivity contribution in [3.63, 3.8) is 0 Å². The second kappa shape index (κ2) is 8.52. The fourth-order valence-corrected chi connectivity index (χ4v) is 2.97. The Morgan fingerprint density at radius 3 is 2.53 bits per heavy atom. The van der Waals surface area contributed by atoms with Gasteiger partial charge in [0.2, 0.25) is 0 Å². The lowest BCUT2D eigenvalue weighted by atomic mass is 10.0. The van der Waals surface area contributed by atoms with Gasteiger partial charge in [0.05, 0.1) is 16.6 Å². The molecule has 2 heterocycles. The molecule has 1 unspecified atom stereocenters. The number of carbonyl (C=O) groups is 2. The van der Waals surface area contributed by atoms with Crippen LogP contribution < -0.4 is 15.6 Å². The van der Waals surface area contributed by atoms with E-state index in [9.17, 15) is 9.59 Å². The molecule has 158 valence electrons. The van der Waals surface area contributed by atoms with Gasteiger partial charge >= 0.3 is 0 Å². The summed E-state index contributed by atoms with van der Waals surface area (Å²) in [4.78, 5) is 29.7. The van der Waals surface area contributed by atoms with Crippen LogP contribution >= 0.6 is 0 Å². The number of rotatable bonds is 5. The van der Waals surface area contributed by atoms with Crippen LogP contribution in [0.5, 0.6) is 5.75 Å². The van der Waals surface area contributed by atoms with Crippen molar-refractivity contribution in [1.29, 1.82) is 0 Å². The fraction of sp³-hybridized carbons (Fsp3) is 0.364. The number of nitrogens with one attached hydrogen (secondary N) is 2. The number of pyridine rings is 1. The Morgan fingerprint density at radius 1 is 1.10 bits per heavy atom. The molecule has 0 fully saturated rings. The number of nitrogens with zero attached hydrogens (tertiary/aromatic N) is 2. The van der Waals surface area contributed by atoms with Gasteiger partial charge in [0, 0.05) is 5.69 Å². The molecule has 0 aliphatic heterocycles. The Bertz CT molecular complexity index is 1100. The predicted molar refractivity (Wildman–Crippen MR) is 112 cm³/mol. The zero-order chi connectivity index (χ0) is 22.0. The lowest BCUT2D eigenvalue weighted by molar-refractivity contribution is -0.128. The number of ether oxygens (including phenoxy) is 1. The van der Waals surface area contributed by atoms with Gasteiger partial charge in [-0.3, -0.25) is 20.4 Å². The molecule has 8 heteroatoms. The number of carbonyl (C=O) groups excluding carboxylic acids is 2. The normalized spacial score (nSPS) is 12.1. The van der Waals surface area contributed by atoms with Gasteiger partial charge in [0.15, 0.2) is 6.10 Å². The van der Waals surface area contributed by atoms with Crippen LogP contribution in [0.4, 0.5) is 0 Å². The van der Waals surface area contributed by atoms with Gasteiger partial charge in [-0.25, -0.2) is 4.98 Å². The second-order valence-corrected chi connectivity index (χ2v) is 7.60. The van der Waals surface area contributed by atoms with Crippen LogP contribution in [-0.4, -0.2) is 28.1 Å². The highest BCUT2D eigenvalue weighted by Crippen LogP contribution is 2.25. The van der Waals surface area contributed by atoms with E-state index in [1.54, 1.807) is 26.0 Å². The molecule has 0 aliphatic rings. The average Bonchev–Trinajstić information content (AvgIpc) is 3.09. The molecule has 0 bridgehead atoms. The van der Waals surface area contributed by atoms with Crippen LogP contribution in [0.25, 0.3) is 11.1 Å². The topological polar surface area (TPSA) is 106 Å². The maximum atomic E-state index is 12.8. The fourth-order valence-electron chi connectivity index (χ4n) is 2.97. The quantitative estimate of drug-likeness (QED) is 0.624. The number of amides is 2. The van der Waals surface area contributed by atoms with E-state index in [-0.39, 0.29) is 5.92 Å². The summed E-state index contributed by atoms with van der Waals surface area (Å²) in [6.45, 7) is 11.2. The van der Waals surface area contributed by atoms with E-state index in [0.29, 0.717) is 33.8 Å². The summed E-state index contributed by atoms with van der Waals surface area (Å²) in [6, 6.07) is 7.34. The summed E-state index contributed by atoms with van der Waals surface area (Å²) < 4.78 is 11.0. The van der Waals surface area contributed by atoms with Crippen LogP contribution in [0.2, 0.25) is 0 Å². The van der Waals surface area contributed by atoms with Crippen molar-refractivity contribution in [2.24, 2.45) is 0 Å². The molecule has 0 spiro atoms. The Balaban J connectivity index is 1.73. The van der Waals surface area contributed by atoms with Gasteiger partial charge in [0.25, 0.3) is 17.5 Å². The number of hydrogen-bond acceptors (Lipinski definition) is 6.